The van der Waals surface area contributed by atoms with Gasteiger partial charge < -0.3 is 15.5 Å². The number of nitrogens with one attached hydrogen (secondary N) is 1. The van der Waals surface area contributed by atoms with Crippen molar-refractivity contribution >= 4 is 17.8 Å². The summed E-state index contributed by atoms with van der Waals surface area (Å²) in [7, 11) is 0. The quantitative estimate of drug-likeness (QED) is 0.588. The Morgan fingerprint density at radius 3 is 2.06 bits per heavy atom. The number of rotatable bonds is 8. The van der Waals surface area contributed by atoms with E-state index in [1.165, 1.54) is 0 Å². The van der Waals surface area contributed by atoms with E-state index in [1.807, 2.05) is 13.8 Å². The summed E-state index contributed by atoms with van der Waals surface area (Å²) in [5.41, 5.74) is 0. The number of carboxylic acids is 2. The van der Waals surface area contributed by atoms with Crippen molar-refractivity contribution in [2.75, 3.05) is 0 Å². The second kappa shape index (κ2) is 7.65. The number of carboxylic acid groups (broad SMARTS) is 2. The first-order valence-electron chi connectivity index (χ1n) is 5.57. The van der Waals surface area contributed by atoms with E-state index in [0.29, 0.717) is 12.3 Å². The molecule has 0 aromatic heterocycles. The molecule has 0 aromatic rings. The molecule has 0 bridgehead atoms. The fraction of sp³-hybridized carbons (Fsp3) is 0.727. The van der Waals surface area contributed by atoms with Gasteiger partial charge in [0.1, 0.15) is 6.04 Å². The average molecular weight is 245 g/mol. The molecule has 0 heterocycles. The summed E-state index contributed by atoms with van der Waals surface area (Å²) < 4.78 is 0. The second-order valence-electron chi connectivity index (χ2n) is 4.32. The van der Waals surface area contributed by atoms with Crippen LogP contribution in [0.2, 0.25) is 0 Å². The maximum Gasteiger partial charge on any atom is 0.326 e. The summed E-state index contributed by atoms with van der Waals surface area (Å²) in [6.07, 6.45) is 0.561. The predicted octanol–water partition coefficient (Wildman–Crippen LogP) is 0.857. The molecule has 3 N–H and O–H groups in total. The van der Waals surface area contributed by atoms with Crippen LogP contribution >= 0.6 is 0 Å². The van der Waals surface area contributed by atoms with Crippen LogP contribution in [-0.2, 0) is 14.4 Å². The van der Waals surface area contributed by atoms with E-state index < -0.39 is 18.0 Å². The van der Waals surface area contributed by atoms with E-state index in [9.17, 15) is 14.4 Å². The summed E-state index contributed by atoms with van der Waals surface area (Å²) in [4.78, 5) is 32.5. The van der Waals surface area contributed by atoms with Crippen molar-refractivity contribution in [3.63, 3.8) is 0 Å². The summed E-state index contributed by atoms with van der Waals surface area (Å²) in [6, 6.07) is -1.12. The minimum absolute atomic E-state index is 0.0991. The van der Waals surface area contributed by atoms with E-state index in [-0.39, 0.29) is 25.2 Å². The number of hydrogen-bond donors (Lipinski definition) is 3. The minimum atomic E-state index is -1.20. The first-order chi connectivity index (χ1) is 7.82. The SMILES string of the molecule is CC(C)CCC(=O)NC(CCC(=O)O)C(=O)O. The van der Waals surface area contributed by atoms with Gasteiger partial charge in [0.15, 0.2) is 0 Å². The largest absolute Gasteiger partial charge is 0.481 e. The third kappa shape index (κ3) is 8.24. The van der Waals surface area contributed by atoms with Crippen molar-refractivity contribution in [3.8, 4) is 0 Å². The fourth-order valence-corrected chi connectivity index (χ4v) is 1.21. The Morgan fingerprint density at radius 2 is 1.65 bits per heavy atom. The third-order valence-corrected chi connectivity index (χ3v) is 2.23. The Morgan fingerprint density at radius 1 is 1.06 bits per heavy atom. The Bertz CT molecular complexity index is 288. The summed E-state index contributed by atoms with van der Waals surface area (Å²) in [5, 5.41) is 19.6. The molecular formula is C11H19NO5. The van der Waals surface area contributed by atoms with E-state index in [2.05, 4.69) is 5.32 Å². The highest BCUT2D eigenvalue weighted by molar-refractivity contribution is 5.83. The van der Waals surface area contributed by atoms with Crippen molar-refractivity contribution in [3.05, 3.63) is 0 Å². The van der Waals surface area contributed by atoms with E-state index in [0.717, 1.165) is 0 Å². The number of aliphatic carboxylic acids is 2. The lowest BCUT2D eigenvalue weighted by atomic mass is 10.1. The monoisotopic (exact) mass is 245 g/mol. The predicted molar refractivity (Wildman–Crippen MR) is 60.5 cm³/mol. The maximum atomic E-state index is 11.4. The van der Waals surface area contributed by atoms with Crippen LogP contribution in [0.5, 0.6) is 0 Å². The highest BCUT2D eigenvalue weighted by atomic mass is 16.4. The van der Waals surface area contributed by atoms with Gasteiger partial charge in [0.2, 0.25) is 5.91 Å². The van der Waals surface area contributed by atoms with Crippen LogP contribution < -0.4 is 5.32 Å². The minimum Gasteiger partial charge on any atom is -0.481 e. The van der Waals surface area contributed by atoms with E-state index >= 15 is 0 Å². The molecule has 0 radical (unpaired) electrons. The molecule has 0 saturated carbocycles. The van der Waals surface area contributed by atoms with Gasteiger partial charge in [-0.2, -0.15) is 0 Å². The Kier molecular flexibility index (Phi) is 6.93. The van der Waals surface area contributed by atoms with Gasteiger partial charge in [0, 0.05) is 12.8 Å². The molecule has 0 fully saturated rings. The highest BCUT2D eigenvalue weighted by Gasteiger charge is 2.20. The van der Waals surface area contributed by atoms with E-state index in [1.54, 1.807) is 0 Å². The first-order valence-corrected chi connectivity index (χ1v) is 5.57. The first kappa shape index (κ1) is 15.4. The lowest BCUT2D eigenvalue weighted by molar-refractivity contribution is -0.143. The van der Waals surface area contributed by atoms with Crippen molar-refractivity contribution < 1.29 is 24.6 Å². The molecule has 0 aliphatic heterocycles. The molecule has 1 atom stereocenters. The van der Waals surface area contributed by atoms with Crippen LogP contribution in [-0.4, -0.2) is 34.1 Å². The molecule has 17 heavy (non-hydrogen) atoms. The fourth-order valence-electron chi connectivity index (χ4n) is 1.21. The van der Waals surface area contributed by atoms with Crippen molar-refractivity contribution in [2.45, 2.75) is 45.6 Å². The topological polar surface area (TPSA) is 104 Å². The lowest BCUT2D eigenvalue weighted by Gasteiger charge is -2.13. The van der Waals surface area contributed by atoms with Crippen molar-refractivity contribution in [1.82, 2.24) is 5.32 Å². The van der Waals surface area contributed by atoms with Crippen molar-refractivity contribution in [2.24, 2.45) is 5.92 Å². The smallest absolute Gasteiger partial charge is 0.326 e. The standard InChI is InChI=1S/C11H19NO5/c1-7(2)3-5-9(13)12-8(11(16)17)4-6-10(14)15/h7-8H,3-6H2,1-2H3,(H,12,13)(H,14,15)(H,16,17). The molecule has 1 amide bonds. The highest BCUT2D eigenvalue weighted by Crippen LogP contribution is 2.04. The zero-order valence-electron chi connectivity index (χ0n) is 10.1. The Labute approximate surface area is 100 Å². The number of carbonyl (C=O) groups is 3. The summed E-state index contributed by atoms with van der Waals surface area (Å²) in [6.45, 7) is 3.93. The Hall–Kier alpha value is -1.59. The molecule has 1 unspecified atom stereocenters. The van der Waals surface area contributed by atoms with Crippen LogP contribution in [0.3, 0.4) is 0 Å². The van der Waals surface area contributed by atoms with Crippen molar-refractivity contribution in [1.29, 1.82) is 0 Å². The summed E-state index contributed by atoms with van der Waals surface area (Å²) in [5.74, 6) is -2.27. The van der Waals surface area contributed by atoms with Gasteiger partial charge in [-0.15, -0.1) is 0 Å². The number of carbonyl (C=O) groups excluding carboxylic acids is 1. The Balaban J connectivity index is 4.11. The summed E-state index contributed by atoms with van der Waals surface area (Å²) >= 11 is 0. The van der Waals surface area contributed by atoms with Gasteiger partial charge >= 0.3 is 11.9 Å². The molecule has 6 heteroatoms. The molecule has 6 nitrogen and oxygen atoms in total. The normalized spacial score (nSPS) is 12.2. The maximum absolute atomic E-state index is 11.4. The van der Waals surface area contributed by atoms with Gasteiger partial charge in [-0.3, -0.25) is 9.59 Å². The lowest BCUT2D eigenvalue weighted by Crippen LogP contribution is -2.41. The molecule has 0 aliphatic carbocycles. The molecule has 98 valence electrons. The van der Waals surface area contributed by atoms with Crippen LogP contribution in [0.4, 0.5) is 0 Å². The van der Waals surface area contributed by atoms with Gasteiger partial charge in [0.05, 0.1) is 0 Å². The third-order valence-electron chi connectivity index (χ3n) is 2.23. The molecule has 0 aliphatic rings. The second-order valence-corrected chi connectivity index (χ2v) is 4.32. The zero-order chi connectivity index (χ0) is 13.4. The molecular weight excluding hydrogens is 226 g/mol. The molecule has 0 rings (SSSR count). The zero-order valence-corrected chi connectivity index (χ0v) is 10.1. The van der Waals surface area contributed by atoms with Gasteiger partial charge in [-0.1, -0.05) is 13.8 Å². The van der Waals surface area contributed by atoms with E-state index in [4.69, 9.17) is 10.2 Å². The van der Waals surface area contributed by atoms with Crippen LogP contribution in [0.25, 0.3) is 0 Å². The van der Waals surface area contributed by atoms with Crippen LogP contribution in [0, 0.1) is 5.92 Å². The molecule has 0 spiro atoms. The number of hydrogen-bond acceptors (Lipinski definition) is 3. The van der Waals surface area contributed by atoms with Crippen LogP contribution in [0.1, 0.15) is 39.5 Å². The van der Waals surface area contributed by atoms with Crippen LogP contribution in [0.15, 0.2) is 0 Å². The van der Waals surface area contributed by atoms with Gasteiger partial charge in [-0.25, -0.2) is 4.79 Å². The molecule has 0 aromatic carbocycles. The number of amides is 1. The average Bonchev–Trinajstić information content (AvgIpc) is 2.20. The van der Waals surface area contributed by atoms with Gasteiger partial charge in [-0.05, 0) is 18.8 Å². The molecule has 0 saturated heterocycles. The van der Waals surface area contributed by atoms with Gasteiger partial charge in [0.25, 0.3) is 0 Å².